The van der Waals surface area contributed by atoms with Crippen LogP contribution in [0.2, 0.25) is 0 Å². The fraction of sp³-hybridized carbons (Fsp3) is 0.312. The summed E-state index contributed by atoms with van der Waals surface area (Å²) in [5.41, 5.74) is 14.1. The number of anilines is 1. The highest BCUT2D eigenvalue weighted by molar-refractivity contribution is 6.06. The number of pyridine rings is 1. The van der Waals surface area contributed by atoms with Crippen LogP contribution in [-0.4, -0.2) is 33.6 Å². The molecule has 0 saturated carbocycles. The van der Waals surface area contributed by atoms with E-state index >= 15 is 0 Å². The van der Waals surface area contributed by atoms with Gasteiger partial charge in [-0.05, 0) is 12.5 Å². The normalized spacial score (nSPS) is 17.1. The highest BCUT2D eigenvalue weighted by Crippen LogP contribution is 2.34. The zero-order valence-electron chi connectivity index (χ0n) is 13.1. The van der Waals surface area contributed by atoms with Crippen molar-refractivity contribution in [2.24, 2.45) is 5.73 Å². The van der Waals surface area contributed by atoms with Crippen LogP contribution in [0.5, 0.6) is 0 Å². The molecule has 0 saturated heterocycles. The van der Waals surface area contributed by atoms with Crippen LogP contribution in [-0.2, 0) is 11.3 Å². The summed E-state index contributed by atoms with van der Waals surface area (Å²) in [6, 6.07) is 8.04. The minimum absolute atomic E-state index is 0.0265. The number of fused-ring (bicyclic) bond motifs is 5. The van der Waals surface area contributed by atoms with E-state index in [-0.39, 0.29) is 12.0 Å². The van der Waals surface area contributed by atoms with Crippen molar-refractivity contribution >= 4 is 33.7 Å². The summed E-state index contributed by atoms with van der Waals surface area (Å²) in [4.78, 5) is 9.12. The summed E-state index contributed by atoms with van der Waals surface area (Å²) in [7, 11) is 0. The Labute approximate surface area is 138 Å². The summed E-state index contributed by atoms with van der Waals surface area (Å²) in [6.07, 6.45) is 0.772. The van der Waals surface area contributed by atoms with Gasteiger partial charge >= 0.3 is 0 Å². The molecule has 1 aromatic carbocycles. The van der Waals surface area contributed by atoms with Crippen molar-refractivity contribution in [3.05, 3.63) is 30.1 Å². The predicted octanol–water partition coefficient (Wildman–Crippen LogP) is 1.11. The maximum Gasteiger partial charge on any atom is 0.185 e. The van der Waals surface area contributed by atoms with E-state index in [1.807, 2.05) is 24.3 Å². The van der Waals surface area contributed by atoms with Gasteiger partial charge in [0.2, 0.25) is 0 Å². The van der Waals surface area contributed by atoms with E-state index in [9.17, 15) is 0 Å². The van der Waals surface area contributed by atoms with Crippen molar-refractivity contribution in [1.82, 2.24) is 19.9 Å². The Balaban J connectivity index is 1.87. The van der Waals surface area contributed by atoms with Crippen LogP contribution in [0.25, 0.3) is 21.9 Å². The number of aromatic nitrogens is 3. The molecule has 3 heterocycles. The van der Waals surface area contributed by atoms with Crippen LogP contribution >= 0.6 is 0 Å². The number of guanidine groups is 1. The van der Waals surface area contributed by atoms with Crippen molar-refractivity contribution in [3.8, 4) is 0 Å². The molecule has 0 amide bonds. The first kappa shape index (κ1) is 14.7. The molecule has 2 aromatic heterocycles. The molecule has 0 fully saturated rings. The summed E-state index contributed by atoms with van der Waals surface area (Å²) >= 11 is 0. The van der Waals surface area contributed by atoms with Crippen LogP contribution < -0.4 is 16.8 Å². The molecule has 8 nitrogen and oxygen atoms in total. The molecule has 1 atom stereocenters. The lowest BCUT2D eigenvalue weighted by atomic mass is 10.1. The molecule has 0 radical (unpaired) electrons. The van der Waals surface area contributed by atoms with Gasteiger partial charge < -0.3 is 26.1 Å². The predicted molar refractivity (Wildman–Crippen MR) is 92.7 cm³/mol. The van der Waals surface area contributed by atoms with Gasteiger partial charge in [0.25, 0.3) is 0 Å². The average molecular weight is 325 g/mol. The fourth-order valence-corrected chi connectivity index (χ4v) is 3.31. The van der Waals surface area contributed by atoms with Gasteiger partial charge in [-0.25, -0.2) is 9.97 Å². The maximum atomic E-state index is 7.29. The number of rotatable bonds is 3. The number of imidazole rings is 1. The maximum absolute atomic E-state index is 7.29. The second-order valence-corrected chi connectivity index (χ2v) is 5.91. The third-order valence-electron chi connectivity index (χ3n) is 4.33. The number of para-hydroxylation sites is 1. The number of nitrogens with zero attached hydrogens (tertiary/aromatic N) is 3. The second kappa shape index (κ2) is 5.64. The largest absolute Gasteiger partial charge is 0.382 e. The first-order valence-electron chi connectivity index (χ1n) is 7.86. The third-order valence-corrected chi connectivity index (χ3v) is 4.33. The lowest BCUT2D eigenvalue weighted by Gasteiger charge is -2.26. The Hall–Kier alpha value is -2.87. The molecule has 1 aliphatic heterocycles. The molecule has 124 valence electrons. The van der Waals surface area contributed by atoms with E-state index in [1.54, 1.807) is 0 Å². The molecule has 4 rings (SSSR count). The van der Waals surface area contributed by atoms with E-state index in [0.29, 0.717) is 25.6 Å². The average Bonchev–Trinajstić information content (AvgIpc) is 2.96. The van der Waals surface area contributed by atoms with Crippen LogP contribution in [0.1, 0.15) is 18.3 Å². The van der Waals surface area contributed by atoms with Crippen molar-refractivity contribution < 1.29 is 4.74 Å². The highest BCUT2D eigenvalue weighted by Gasteiger charge is 2.26. The summed E-state index contributed by atoms with van der Waals surface area (Å²) in [5, 5.41) is 11.2. The molecule has 3 aromatic rings. The number of nitrogen functional groups attached to an aromatic ring is 1. The number of hydrogen-bond acceptors (Lipinski definition) is 5. The van der Waals surface area contributed by atoms with Gasteiger partial charge in [-0.1, -0.05) is 18.2 Å². The first-order chi connectivity index (χ1) is 11.6. The SMILES string of the molecule is N=C(N)NCC[C@H]1COCc2nc3c(N)nc4ccccc4c3n21. The van der Waals surface area contributed by atoms with E-state index in [1.165, 1.54) is 0 Å². The molecule has 0 spiro atoms. The summed E-state index contributed by atoms with van der Waals surface area (Å²) in [5.74, 6) is 1.27. The van der Waals surface area contributed by atoms with Gasteiger partial charge in [0.05, 0.1) is 23.7 Å². The molecule has 6 N–H and O–H groups in total. The Bertz CT molecular complexity index is 933. The Morgan fingerprint density at radius 1 is 1.38 bits per heavy atom. The number of benzene rings is 1. The van der Waals surface area contributed by atoms with Crippen LogP contribution in [0, 0.1) is 5.41 Å². The zero-order chi connectivity index (χ0) is 16.7. The summed E-state index contributed by atoms with van der Waals surface area (Å²) < 4.78 is 7.90. The molecule has 24 heavy (non-hydrogen) atoms. The number of nitrogens with one attached hydrogen (secondary N) is 2. The molecular weight excluding hydrogens is 306 g/mol. The molecular formula is C16H19N7O. The van der Waals surface area contributed by atoms with Crippen LogP contribution in [0.3, 0.4) is 0 Å². The van der Waals surface area contributed by atoms with Gasteiger partial charge in [0.15, 0.2) is 11.8 Å². The van der Waals surface area contributed by atoms with Gasteiger partial charge in [0.1, 0.15) is 17.9 Å². The minimum atomic E-state index is -0.0265. The highest BCUT2D eigenvalue weighted by atomic mass is 16.5. The van der Waals surface area contributed by atoms with E-state index < -0.39 is 0 Å². The minimum Gasteiger partial charge on any atom is -0.382 e. The topological polar surface area (TPSA) is 128 Å². The Morgan fingerprint density at radius 3 is 3.04 bits per heavy atom. The number of ether oxygens (including phenoxy) is 1. The van der Waals surface area contributed by atoms with Crippen molar-refractivity contribution in [2.75, 3.05) is 18.9 Å². The van der Waals surface area contributed by atoms with Crippen LogP contribution in [0.4, 0.5) is 5.82 Å². The molecule has 0 unspecified atom stereocenters. The van der Waals surface area contributed by atoms with Crippen LogP contribution in [0.15, 0.2) is 24.3 Å². The second-order valence-electron chi connectivity index (χ2n) is 5.91. The lowest BCUT2D eigenvalue weighted by molar-refractivity contribution is 0.0543. The molecule has 0 bridgehead atoms. The smallest absolute Gasteiger partial charge is 0.185 e. The van der Waals surface area contributed by atoms with Crippen molar-refractivity contribution in [2.45, 2.75) is 19.1 Å². The first-order valence-corrected chi connectivity index (χ1v) is 7.86. The van der Waals surface area contributed by atoms with E-state index in [4.69, 9.17) is 21.6 Å². The van der Waals surface area contributed by atoms with Gasteiger partial charge in [-0.3, -0.25) is 5.41 Å². The van der Waals surface area contributed by atoms with Gasteiger partial charge in [-0.2, -0.15) is 0 Å². The van der Waals surface area contributed by atoms with E-state index in [0.717, 1.165) is 34.2 Å². The standard InChI is InChI=1S/C16H19N7O/c17-15-13-14(10-3-1-2-4-11(10)21-15)23-9(5-6-20-16(18)19)7-24-8-12(23)22-13/h1-4,9H,5-8H2,(H2,17,21)(H4,18,19,20)/t9-/m0/s1. The van der Waals surface area contributed by atoms with Crippen molar-refractivity contribution in [1.29, 1.82) is 5.41 Å². The number of nitrogens with two attached hydrogens (primary N) is 2. The number of hydrogen-bond donors (Lipinski definition) is 4. The Morgan fingerprint density at radius 2 is 2.21 bits per heavy atom. The Kier molecular flexibility index (Phi) is 3.46. The van der Waals surface area contributed by atoms with Gasteiger partial charge in [0, 0.05) is 11.9 Å². The molecule has 8 heteroatoms. The third kappa shape index (κ3) is 2.31. The zero-order valence-corrected chi connectivity index (χ0v) is 13.1. The monoisotopic (exact) mass is 325 g/mol. The summed E-state index contributed by atoms with van der Waals surface area (Å²) in [6.45, 7) is 1.65. The lowest BCUT2D eigenvalue weighted by Crippen LogP contribution is -2.33. The van der Waals surface area contributed by atoms with Gasteiger partial charge in [-0.15, -0.1) is 0 Å². The fourth-order valence-electron chi connectivity index (χ4n) is 3.31. The van der Waals surface area contributed by atoms with E-state index in [2.05, 4.69) is 19.9 Å². The molecule has 1 aliphatic rings. The quantitative estimate of drug-likeness (QED) is 0.422. The van der Waals surface area contributed by atoms with Crippen molar-refractivity contribution in [3.63, 3.8) is 0 Å². The molecule has 0 aliphatic carbocycles.